The third-order valence-corrected chi connectivity index (χ3v) is 7.23. The van der Waals surface area contributed by atoms with E-state index in [1.165, 1.54) is 11.8 Å². The Balaban J connectivity index is 1.49. The highest BCUT2D eigenvalue weighted by Crippen LogP contribution is 2.29. The lowest BCUT2D eigenvalue weighted by atomic mass is 10.1. The van der Waals surface area contributed by atoms with E-state index in [-0.39, 0.29) is 11.6 Å². The van der Waals surface area contributed by atoms with Gasteiger partial charge in [0.2, 0.25) is 5.91 Å². The lowest BCUT2D eigenvalue weighted by Gasteiger charge is -2.15. The van der Waals surface area contributed by atoms with Gasteiger partial charge in [0.15, 0.2) is 5.82 Å². The Morgan fingerprint density at radius 3 is 2.40 bits per heavy atom. The number of aryl methyl sites for hydroxylation is 1. The number of benzene rings is 3. The molecule has 204 valence electrons. The van der Waals surface area contributed by atoms with Gasteiger partial charge in [0, 0.05) is 27.2 Å². The number of thioether (sulfide) groups is 1. The van der Waals surface area contributed by atoms with Gasteiger partial charge >= 0.3 is 0 Å². The molecule has 3 amide bonds. The van der Waals surface area contributed by atoms with Crippen molar-refractivity contribution >= 4 is 58.7 Å². The molecular formula is C30H27ClN4O4S. The van der Waals surface area contributed by atoms with Crippen molar-refractivity contribution < 1.29 is 18.9 Å². The van der Waals surface area contributed by atoms with E-state index in [4.69, 9.17) is 16.1 Å². The van der Waals surface area contributed by atoms with Gasteiger partial charge in [0.25, 0.3) is 11.8 Å². The van der Waals surface area contributed by atoms with Crippen LogP contribution in [0.2, 0.25) is 5.02 Å². The predicted molar refractivity (Wildman–Crippen MR) is 158 cm³/mol. The molecule has 10 heteroatoms. The number of hydrogen-bond donors (Lipinski definition) is 3. The zero-order valence-corrected chi connectivity index (χ0v) is 23.4. The molecule has 0 bridgehead atoms. The van der Waals surface area contributed by atoms with Crippen molar-refractivity contribution in [3.05, 3.63) is 113 Å². The maximum atomic E-state index is 13.3. The third kappa shape index (κ3) is 8.08. The fourth-order valence-electron chi connectivity index (χ4n) is 3.63. The van der Waals surface area contributed by atoms with Crippen LogP contribution in [0.1, 0.15) is 35.0 Å². The summed E-state index contributed by atoms with van der Waals surface area (Å²) in [4.78, 5) is 39.8. The molecule has 0 saturated heterocycles. The number of carbonyl (C=O) groups is 3. The number of aromatic nitrogens is 1. The Kier molecular flexibility index (Phi) is 9.77. The third-order valence-electron chi connectivity index (χ3n) is 5.62. The quantitative estimate of drug-likeness (QED) is 0.146. The number of nitrogens with one attached hydrogen (secondary N) is 3. The van der Waals surface area contributed by atoms with Crippen LogP contribution in [-0.4, -0.2) is 28.1 Å². The minimum atomic E-state index is -0.507. The van der Waals surface area contributed by atoms with E-state index in [0.717, 1.165) is 4.90 Å². The zero-order chi connectivity index (χ0) is 28.5. The molecular weight excluding hydrogens is 548 g/mol. The molecule has 0 radical (unpaired) electrons. The lowest BCUT2D eigenvalue weighted by molar-refractivity contribution is -0.116. The summed E-state index contributed by atoms with van der Waals surface area (Å²) in [6.07, 6.45) is 2.15. The van der Waals surface area contributed by atoms with Crippen molar-refractivity contribution in [3.8, 4) is 0 Å². The summed E-state index contributed by atoms with van der Waals surface area (Å²) in [5.74, 6) is -0.164. The topological polar surface area (TPSA) is 113 Å². The highest BCUT2D eigenvalue weighted by molar-refractivity contribution is 8.00. The Labute approximate surface area is 241 Å². The fraction of sp³-hybridized carbons (Fsp3) is 0.133. The smallest absolute Gasteiger partial charge is 0.272 e. The first-order valence-electron chi connectivity index (χ1n) is 12.5. The molecule has 1 atom stereocenters. The van der Waals surface area contributed by atoms with Crippen molar-refractivity contribution in [2.24, 2.45) is 0 Å². The number of halogens is 1. The van der Waals surface area contributed by atoms with Crippen LogP contribution in [-0.2, 0) is 9.59 Å². The molecule has 0 fully saturated rings. The van der Waals surface area contributed by atoms with E-state index in [1.54, 1.807) is 91.9 Å². The second kappa shape index (κ2) is 13.6. The molecule has 4 aromatic rings. The second-order valence-electron chi connectivity index (χ2n) is 8.74. The summed E-state index contributed by atoms with van der Waals surface area (Å²) in [5.41, 5.74) is 1.67. The lowest BCUT2D eigenvalue weighted by Crippen LogP contribution is -2.30. The molecule has 3 aromatic carbocycles. The molecule has 3 N–H and O–H groups in total. The average Bonchev–Trinajstić information content (AvgIpc) is 3.37. The van der Waals surface area contributed by atoms with E-state index in [0.29, 0.717) is 39.8 Å². The molecule has 1 aromatic heterocycles. The summed E-state index contributed by atoms with van der Waals surface area (Å²) in [7, 11) is 0. The van der Waals surface area contributed by atoms with Crippen LogP contribution < -0.4 is 16.0 Å². The van der Waals surface area contributed by atoms with Crippen molar-refractivity contribution in [3.63, 3.8) is 0 Å². The van der Waals surface area contributed by atoms with E-state index in [9.17, 15) is 14.4 Å². The van der Waals surface area contributed by atoms with Gasteiger partial charge in [0.05, 0.1) is 5.25 Å². The van der Waals surface area contributed by atoms with Crippen LogP contribution in [0, 0.1) is 6.92 Å². The normalized spacial score (nSPS) is 11.9. The van der Waals surface area contributed by atoms with Gasteiger partial charge in [-0.3, -0.25) is 14.4 Å². The molecule has 0 aliphatic carbocycles. The summed E-state index contributed by atoms with van der Waals surface area (Å²) in [6, 6.07) is 24.3. The first-order valence-corrected chi connectivity index (χ1v) is 13.7. The van der Waals surface area contributed by atoms with Crippen molar-refractivity contribution in [2.45, 2.75) is 30.4 Å². The van der Waals surface area contributed by atoms with Gasteiger partial charge in [-0.25, -0.2) is 0 Å². The van der Waals surface area contributed by atoms with Crippen molar-refractivity contribution in [1.82, 2.24) is 10.5 Å². The van der Waals surface area contributed by atoms with Crippen molar-refractivity contribution in [1.29, 1.82) is 0 Å². The maximum absolute atomic E-state index is 13.3. The SMILES string of the molecule is CCC(Sc1cccc(NC(=O)/C(=C/c2ccc(Cl)cc2)NC(=O)c2ccccc2)c1)C(=O)Nc1cc(C)on1. The molecule has 1 heterocycles. The highest BCUT2D eigenvalue weighted by atomic mass is 35.5. The average molecular weight is 575 g/mol. The number of nitrogens with zero attached hydrogens (tertiary/aromatic N) is 1. The van der Waals surface area contributed by atoms with E-state index in [1.807, 2.05) is 13.0 Å². The fourth-order valence-corrected chi connectivity index (χ4v) is 4.77. The number of rotatable bonds is 10. The molecule has 0 spiro atoms. The molecule has 0 aliphatic rings. The van der Waals surface area contributed by atoms with Gasteiger partial charge in [-0.15, -0.1) is 11.8 Å². The Morgan fingerprint density at radius 2 is 1.73 bits per heavy atom. The second-order valence-corrected chi connectivity index (χ2v) is 10.5. The van der Waals surface area contributed by atoms with Gasteiger partial charge < -0.3 is 20.5 Å². The number of carbonyl (C=O) groups excluding carboxylic acids is 3. The largest absolute Gasteiger partial charge is 0.360 e. The first-order chi connectivity index (χ1) is 19.3. The summed E-state index contributed by atoms with van der Waals surface area (Å²) < 4.78 is 5.01. The monoisotopic (exact) mass is 574 g/mol. The minimum Gasteiger partial charge on any atom is -0.360 e. The molecule has 40 heavy (non-hydrogen) atoms. The number of anilines is 2. The van der Waals surface area contributed by atoms with E-state index in [2.05, 4.69) is 21.1 Å². The van der Waals surface area contributed by atoms with Crippen LogP contribution in [0.5, 0.6) is 0 Å². The maximum Gasteiger partial charge on any atom is 0.272 e. The summed E-state index contributed by atoms with van der Waals surface area (Å²) >= 11 is 7.37. The first kappa shape index (κ1) is 28.7. The molecule has 4 rings (SSSR count). The Hall–Kier alpha value is -4.34. The van der Waals surface area contributed by atoms with Crippen LogP contribution in [0.25, 0.3) is 6.08 Å². The van der Waals surface area contributed by atoms with Gasteiger partial charge in [-0.2, -0.15) is 0 Å². The summed E-state index contributed by atoms with van der Waals surface area (Å²) in [6.45, 7) is 3.66. The zero-order valence-electron chi connectivity index (χ0n) is 21.8. The van der Waals surface area contributed by atoms with Gasteiger partial charge in [-0.05, 0) is 67.4 Å². The Morgan fingerprint density at radius 1 is 0.975 bits per heavy atom. The molecule has 0 aliphatic heterocycles. The number of hydrogen-bond acceptors (Lipinski definition) is 6. The standard InChI is InChI=1S/C30H27ClN4O4S/c1-3-26(30(38)34-27-16-19(2)39-35-27)40-24-11-7-10-23(18-24)32-29(37)25(17-20-12-14-22(31)15-13-20)33-28(36)21-8-5-4-6-9-21/h4-18,26H,3H2,1-2H3,(H,32,37)(H,33,36)(H,34,35,38)/b25-17-. The molecule has 1 unspecified atom stereocenters. The van der Waals surface area contributed by atoms with E-state index < -0.39 is 17.1 Å². The van der Waals surface area contributed by atoms with Crippen LogP contribution >= 0.6 is 23.4 Å². The van der Waals surface area contributed by atoms with Crippen LogP contribution in [0.3, 0.4) is 0 Å². The Bertz CT molecular complexity index is 1520. The minimum absolute atomic E-state index is 0.0583. The van der Waals surface area contributed by atoms with Crippen molar-refractivity contribution in [2.75, 3.05) is 10.6 Å². The van der Waals surface area contributed by atoms with Crippen LogP contribution in [0.4, 0.5) is 11.5 Å². The predicted octanol–water partition coefficient (Wildman–Crippen LogP) is 6.56. The van der Waals surface area contributed by atoms with Gasteiger partial charge in [-0.1, -0.05) is 60.1 Å². The van der Waals surface area contributed by atoms with Crippen LogP contribution in [0.15, 0.2) is 100 Å². The summed E-state index contributed by atoms with van der Waals surface area (Å²) in [5, 5.41) is 12.3. The van der Waals surface area contributed by atoms with E-state index >= 15 is 0 Å². The molecule has 8 nitrogen and oxygen atoms in total. The molecule has 0 saturated carbocycles. The van der Waals surface area contributed by atoms with Gasteiger partial charge in [0.1, 0.15) is 11.5 Å². The number of amides is 3. The highest BCUT2D eigenvalue weighted by Gasteiger charge is 2.20.